The van der Waals surface area contributed by atoms with Crippen LogP contribution in [0.1, 0.15) is 43.9 Å². The summed E-state index contributed by atoms with van der Waals surface area (Å²) >= 11 is 0. The number of piperidine rings is 1. The topological polar surface area (TPSA) is 66.0 Å². The lowest BCUT2D eigenvalue weighted by Gasteiger charge is -2.37. The van der Waals surface area contributed by atoms with Crippen molar-refractivity contribution in [2.75, 3.05) is 11.4 Å². The number of nitrogens with one attached hydrogen (secondary N) is 1. The Kier molecular flexibility index (Phi) is 4.39. The molecule has 0 aromatic carbocycles. The van der Waals surface area contributed by atoms with E-state index in [-0.39, 0.29) is 23.3 Å². The summed E-state index contributed by atoms with van der Waals surface area (Å²) in [4.78, 5) is 5.64. The highest BCUT2D eigenvalue weighted by atomic mass is 19.4. The van der Waals surface area contributed by atoms with E-state index in [0.717, 1.165) is 31.7 Å². The van der Waals surface area contributed by atoms with Crippen molar-refractivity contribution in [3.8, 4) is 0 Å². The molecule has 1 unspecified atom stereocenters. The Labute approximate surface area is 121 Å². The number of rotatable bonds is 3. The number of halogens is 3. The predicted molar refractivity (Wildman–Crippen MR) is 75.5 cm³/mol. The maximum absolute atomic E-state index is 12.9. The third-order valence-corrected chi connectivity index (χ3v) is 3.83. The average molecular weight is 300 g/mol. The molecule has 1 aromatic heterocycles. The first-order valence-corrected chi connectivity index (χ1v) is 7.04. The predicted octanol–water partition coefficient (Wildman–Crippen LogP) is 3.15. The van der Waals surface area contributed by atoms with E-state index in [4.69, 9.17) is 11.1 Å². The number of hydrogen-bond donors (Lipinski definition) is 2. The van der Waals surface area contributed by atoms with Crippen LogP contribution in [0.25, 0.3) is 0 Å². The minimum Gasteiger partial charge on any atom is -0.384 e. The molecule has 0 saturated carbocycles. The molecule has 1 atom stereocenters. The van der Waals surface area contributed by atoms with Gasteiger partial charge >= 0.3 is 6.18 Å². The van der Waals surface area contributed by atoms with Crippen LogP contribution in [0.15, 0.2) is 12.1 Å². The quantitative estimate of drug-likeness (QED) is 0.665. The Morgan fingerprint density at radius 1 is 1.43 bits per heavy atom. The van der Waals surface area contributed by atoms with Crippen LogP contribution in [-0.4, -0.2) is 23.4 Å². The van der Waals surface area contributed by atoms with E-state index in [1.165, 1.54) is 6.07 Å². The van der Waals surface area contributed by atoms with E-state index >= 15 is 0 Å². The molecule has 0 spiro atoms. The molecule has 1 aliphatic heterocycles. The fourth-order valence-electron chi connectivity index (χ4n) is 2.74. The third kappa shape index (κ3) is 3.28. The van der Waals surface area contributed by atoms with Crippen LogP contribution in [0.5, 0.6) is 0 Å². The smallest absolute Gasteiger partial charge is 0.384 e. The molecule has 1 aliphatic rings. The van der Waals surface area contributed by atoms with Crippen LogP contribution < -0.4 is 10.6 Å². The summed E-state index contributed by atoms with van der Waals surface area (Å²) in [6, 6.07) is 2.27. The number of amidine groups is 1. The molecule has 0 amide bonds. The number of hydrogen-bond acceptors (Lipinski definition) is 3. The van der Waals surface area contributed by atoms with Crippen molar-refractivity contribution >= 4 is 11.7 Å². The van der Waals surface area contributed by atoms with Gasteiger partial charge in [0.15, 0.2) is 0 Å². The minimum atomic E-state index is -4.50. The molecule has 1 aromatic rings. The van der Waals surface area contributed by atoms with Crippen molar-refractivity contribution in [2.24, 2.45) is 5.73 Å². The Hall–Kier alpha value is -1.79. The van der Waals surface area contributed by atoms with E-state index in [0.29, 0.717) is 6.54 Å². The first-order valence-electron chi connectivity index (χ1n) is 7.04. The number of nitrogens with two attached hydrogens (primary N) is 1. The average Bonchev–Trinajstić information content (AvgIpc) is 2.45. The SMILES string of the molecule is CCC1CCCCN1c1nc(C(F)(F)F)ccc1C(=N)N. The number of nitrogen functional groups attached to an aromatic ring is 1. The Balaban J connectivity index is 2.49. The second-order valence-corrected chi connectivity index (χ2v) is 5.23. The Morgan fingerprint density at radius 2 is 2.14 bits per heavy atom. The molecule has 7 heteroatoms. The largest absolute Gasteiger partial charge is 0.433 e. The van der Waals surface area contributed by atoms with Gasteiger partial charge in [0.1, 0.15) is 17.3 Å². The lowest BCUT2D eigenvalue weighted by molar-refractivity contribution is -0.141. The summed E-state index contributed by atoms with van der Waals surface area (Å²) in [7, 11) is 0. The second kappa shape index (κ2) is 5.91. The minimum absolute atomic E-state index is 0.146. The summed E-state index contributed by atoms with van der Waals surface area (Å²) < 4.78 is 38.6. The first-order chi connectivity index (χ1) is 9.84. The molecular formula is C14H19F3N4. The second-order valence-electron chi connectivity index (χ2n) is 5.23. The van der Waals surface area contributed by atoms with Crippen molar-refractivity contribution in [2.45, 2.75) is 44.8 Å². The molecule has 2 heterocycles. The first kappa shape index (κ1) is 15.6. The highest BCUT2D eigenvalue weighted by Crippen LogP contribution is 2.33. The summed E-state index contributed by atoms with van der Waals surface area (Å²) in [5, 5.41) is 7.57. The fraction of sp³-hybridized carbons (Fsp3) is 0.571. The molecular weight excluding hydrogens is 281 g/mol. The van der Waals surface area contributed by atoms with Gasteiger partial charge in [0.05, 0.1) is 5.56 Å². The Morgan fingerprint density at radius 3 is 2.71 bits per heavy atom. The monoisotopic (exact) mass is 300 g/mol. The number of alkyl halides is 3. The molecule has 0 radical (unpaired) electrons. The zero-order chi connectivity index (χ0) is 15.6. The summed E-state index contributed by atoms with van der Waals surface area (Å²) in [6.07, 6.45) is -0.780. The maximum atomic E-state index is 12.9. The van der Waals surface area contributed by atoms with Gasteiger partial charge in [-0.05, 0) is 37.8 Å². The van der Waals surface area contributed by atoms with Crippen molar-refractivity contribution in [3.63, 3.8) is 0 Å². The van der Waals surface area contributed by atoms with Gasteiger partial charge in [-0.15, -0.1) is 0 Å². The van der Waals surface area contributed by atoms with Crippen LogP contribution in [0.2, 0.25) is 0 Å². The van der Waals surface area contributed by atoms with E-state index in [2.05, 4.69) is 4.98 Å². The van der Waals surface area contributed by atoms with Crippen LogP contribution in [0.4, 0.5) is 19.0 Å². The van der Waals surface area contributed by atoms with E-state index in [1.54, 1.807) is 0 Å². The van der Waals surface area contributed by atoms with Gasteiger partial charge in [-0.25, -0.2) is 4.98 Å². The molecule has 116 valence electrons. The molecule has 0 bridgehead atoms. The lowest BCUT2D eigenvalue weighted by Crippen LogP contribution is -2.41. The Bertz CT molecular complexity index is 527. The van der Waals surface area contributed by atoms with Crippen LogP contribution in [0, 0.1) is 5.41 Å². The van der Waals surface area contributed by atoms with Crippen molar-refractivity contribution in [1.29, 1.82) is 5.41 Å². The van der Waals surface area contributed by atoms with Crippen molar-refractivity contribution in [1.82, 2.24) is 4.98 Å². The normalized spacial score (nSPS) is 19.6. The van der Waals surface area contributed by atoms with Gasteiger partial charge in [-0.1, -0.05) is 6.92 Å². The van der Waals surface area contributed by atoms with Crippen LogP contribution >= 0.6 is 0 Å². The van der Waals surface area contributed by atoms with Crippen molar-refractivity contribution < 1.29 is 13.2 Å². The van der Waals surface area contributed by atoms with Gasteiger partial charge < -0.3 is 10.6 Å². The van der Waals surface area contributed by atoms with Crippen molar-refractivity contribution in [3.05, 3.63) is 23.4 Å². The van der Waals surface area contributed by atoms with E-state index in [9.17, 15) is 13.2 Å². The van der Waals surface area contributed by atoms with Gasteiger partial charge in [-0.2, -0.15) is 13.2 Å². The number of nitrogens with zero attached hydrogens (tertiary/aromatic N) is 2. The molecule has 2 rings (SSSR count). The summed E-state index contributed by atoms with van der Waals surface area (Å²) in [6.45, 7) is 2.65. The van der Waals surface area contributed by atoms with E-state index in [1.807, 2.05) is 11.8 Å². The zero-order valence-electron chi connectivity index (χ0n) is 11.9. The van der Waals surface area contributed by atoms with Gasteiger partial charge in [0.25, 0.3) is 0 Å². The highest BCUT2D eigenvalue weighted by molar-refractivity contribution is 5.99. The molecule has 21 heavy (non-hydrogen) atoms. The molecule has 1 fully saturated rings. The van der Waals surface area contributed by atoms with E-state index < -0.39 is 11.9 Å². The highest BCUT2D eigenvalue weighted by Gasteiger charge is 2.34. The number of anilines is 1. The van der Waals surface area contributed by atoms with Crippen LogP contribution in [0.3, 0.4) is 0 Å². The summed E-state index contributed by atoms with van der Waals surface area (Å²) in [5.74, 6) is -0.0736. The van der Waals surface area contributed by atoms with Gasteiger partial charge in [-0.3, -0.25) is 5.41 Å². The third-order valence-electron chi connectivity index (χ3n) is 3.83. The fourth-order valence-corrected chi connectivity index (χ4v) is 2.74. The summed E-state index contributed by atoms with van der Waals surface area (Å²) in [5.41, 5.74) is 4.83. The maximum Gasteiger partial charge on any atom is 0.433 e. The van der Waals surface area contributed by atoms with Gasteiger partial charge in [0, 0.05) is 12.6 Å². The lowest BCUT2D eigenvalue weighted by atomic mass is 9.99. The van der Waals surface area contributed by atoms with Crippen LogP contribution in [-0.2, 0) is 6.18 Å². The standard InChI is InChI=1S/C14H19F3N4/c1-2-9-5-3-4-8-21(9)13-10(12(18)19)6-7-11(20-13)14(15,16)17/h6-7,9H,2-5,8H2,1H3,(H3,18,19). The number of aromatic nitrogens is 1. The molecule has 1 saturated heterocycles. The molecule has 0 aliphatic carbocycles. The molecule has 3 N–H and O–H groups in total. The molecule has 4 nitrogen and oxygen atoms in total. The number of pyridine rings is 1. The zero-order valence-corrected chi connectivity index (χ0v) is 11.9. The van der Waals surface area contributed by atoms with Gasteiger partial charge in [0.2, 0.25) is 0 Å².